The van der Waals surface area contributed by atoms with Crippen LogP contribution in [0.25, 0.3) is 0 Å². The van der Waals surface area contributed by atoms with Crippen LogP contribution in [0.15, 0.2) is 0 Å². The van der Waals surface area contributed by atoms with Crippen LogP contribution < -0.4 is 5.32 Å². The van der Waals surface area contributed by atoms with Crippen molar-refractivity contribution < 1.29 is 9.53 Å². The molecule has 0 aromatic rings. The molecule has 0 amide bonds. The van der Waals surface area contributed by atoms with E-state index in [-0.39, 0.29) is 29.1 Å². The standard InChI is InChI=1S/C13H25NO2/c1-9(2)11(15)16-10-7-12(3,4)14-13(5,6)8-10/h9-10,14H,7-8H2,1-6H3. The van der Waals surface area contributed by atoms with Crippen LogP contribution in [-0.2, 0) is 9.53 Å². The Balaban J connectivity index is 2.64. The number of hydrogen-bond donors (Lipinski definition) is 1. The van der Waals surface area contributed by atoms with E-state index in [1.165, 1.54) is 0 Å². The number of rotatable bonds is 2. The molecule has 1 saturated heterocycles. The molecule has 1 aliphatic heterocycles. The van der Waals surface area contributed by atoms with Gasteiger partial charge in [-0.1, -0.05) is 13.8 Å². The Labute approximate surface area is 98.9 Å². The molecule has 0 spiro atoms. The number of carbonyl (C=O) groups is 1. The number of esters is 1. The summed E-state index contributed by atoms with van der Waals surface area (Å²) in [6, 6.07) is 0. The summed E-state index contributed by atoms with van der Waals surface area (Å²) in [5.41, 5.74) is 0.0628. The normalized spacial score (nSPS) is 24.4. The summed E-state index contributed by atoms with van der Waals surface area (Å²) in [6.07, 6.45) is 1.81. The van der Waals surface area contributed by atoms with Crippen molar-refractivity contribution in [3.05, 3.63) is 0 Å². The minimum Gasteiger partial charge on any atom is -0.462 e. The zero-order valence-electron chi connectivity index (χ0n) is 11.4. The molecule has 0 unspecified atom stereocenters. The molecule has 0 radical (unpaired) electrons. The summed E-state index contributed by atoms with van der Waals surface area (Å²) in [7, 11) is 0. The molecule has 16 heavy (non-hydrogen) atoms. The molecular formula is C13H25NO2. The molecule has 0 bridgehead atoms. The van der Waals surface area contributed by atoms with Gasteiger partial charge in [0.1, 0.15) is 6.10 Å². The van der Waals surface area contributed by atoms with Crippen molar-refractivity contribution in [2.45, 2.75) is 71.6 Å². The van der Waals surface area contributed by atoms with Gasteiger partial charge in [-0.25, -0.2) is 0 Å². The van der Waals surface area contributed by atoms with E-state index in [1.54, 1.807) is 0 Å². The van der Waals surface area contributed by atoms with Crippen molar-refractivity contribution >= 4 is 5.97 Å². The number of piperidine rings is 1. The summed E-state index contributed by atoms with van der Waals surface area (Å²) in [5.74, 6) is -0.125. The number of hydrogen-bond acceptors (Lipinski definition) is 3. The number of nitrogens with one attached hydrogen (secondary N) is 1. The lowest BCUT2D eigenvalue weighted by molar-refractivity contribution is -0.156. The molecule has 1 rings (SSSR count). The maximum Gasteiger partial charge on any atom is 0.308 e. The average Bonchev–Trinajstić information content (AvgIpc) is 1.96. The number of ether oxygens (including phenoxy) is 1. The zero-order valence-corrected chi connectivity index (χ0v) is 11.4. The summed E-state index contributed by atoms with van der Waals surface area (Å²) in [4.78, 5) is 11.6. The van der Waals surface area contributed by atoms with Gasteiger partial charge in [-0.05, 0) is 27.7 Å². The summed E-state index contributed by atoms with van der Waals surface area (Å²) >= 11 is 0. The first-order chi connectivity index (χ1) is 7.11. The van der Waals surface area contributed by atoms with Crippen LogP contribution in [0.4, 0.5) is 0 Å². The first-order valence-corrected chi connectivity index (χ1v) is 6.11. The minimum absolute atomic E-state index is 0.0314. The van der Waals surface area contributed by atoms with Gasteiger partial charge in [-0.3, -0.25) is 4.79 Å². The van der Waals surface area contributed by atoms with Crippen molar-refractivity contribution in [1.82, 2.24) is 5.32 Å². The molecule has 0 saturated carbocycles. The third kappa shape index (κ3) is 3.78. The lowest BCUT2D eigenvalue weighted by Crippen LogP contribution is -2.59. The molecule has 1 aliphatic rings. The van der Waals surface area contributed by atoms with Crippen LogP contribution in [0.3, 0.4) is 0 Å². The van der Waals surface area contributed by atoms with Gasteiger partial charge in [0.2, 0.25) is 0 Å². The summed E-state index contributed by atoms with van der Waals surface area (Å²) in [6.45, 7) is 12.4. The summed E-state index contributed by atoms with van der Waals surface area (Å²) < 4.78 is 5.55. The maximum atomic E-state index is 11.6. The second-order valence-corrected chi connectivity index (χ2v) is 6.51. The fraction of sp³-hybridized carbons (Fsp3) is 0.923. The van der Waals surface area contributed by atoms with E-state index in [2.05, 4.69) is 33.0 Å². The molecule has 1 fully saturated rings. The third-order valence-corrected chi connectivity index (χ3v) is 2.91. The molecule has 0 aromatic carbocycles. The first kappa shape index (κ1) is 13.5. The monoisotopic (exact) mass is 227 g/mol. The maximum absolute atomic E-state index is 11.6. The SMILES string of the molecule is CC(C)C(=O)OC1CC(C)(C)NC(C)(C)C1. The van der Waals surface area contributed by atoms with Gasteiger partial charge in [0, 0.05) is 23.9 Å². The quantitative estimate of drug-likeness (QED) is 0.737. The highest BCUT2D eigenvalue weighted by Crippen LogP contribution is 2.30. The van der Waals surface area contributed by atoms with E-state index in [0.29, 0.717) is 0 Å². The highest BCUT2D eigenvalue weighted by Gasteiger charge is 2.39. The van der Waals surface area contributed by atoms with E-state index in [4.69, 9.17) is 4.74 Å². The van der Waals surface area contributed by atoms with Gasteiger partial charge in [0.15, 0.2) is 0 Å². The lowest BCUT2D eigenvalue weighted by Gasteiger charge is -2.46. The van der Waals surface area contributed by atoms with E-state index in [9.17, 15) is 4.79 Å². The lowest BCUT2D eigenvalue weighted by atomic mass is 9.81. The molecule has 3 nitrogen and oxygen atoms in total. The Kier molecular flexibility index (Phi) is 3.68. The topological polar surface area (TPSA) is 38.3 Å². The second-order valence-electron chi connectivity index (χ2n) is 6.51. The van der Waals surface area contributed by atoms with Gasteiger partial charge in [-0.15, -0.1) is 0 Å². The van der Waals surface area contributed by atoms with E-state index in [0.717, 1.165) is 12.8 Å². The van der Waals surface area contributed by atoms with E-state index < -0.39 is 0 Å². The molecule has 0 aliphatic carbocycles. The number of carbonyl (C=O) groups excluding carboxylic acids is 1. The Morgan fingerprint density at radius 1 is 1.19 bits per heavy atom. The van der Waals surface area contributed by atoms with Gasteiger partial charge in [-0.2, -0.15) is 0 Å². The highest BCUT2D eigenvalue weighted by molar-refractivity contribution is 5.71. The molecule has 1 N–H and O–H groups in total. The van der Waals surface area contributed by atoms with Crippen molar-refractivity contribution in [1.29, 1.82) is 0 Å². The Morgan fingerprint density at radius 3 is 2.00 bits per heavy atom. The molecule has 1 heterocycles. The predicted molar refractivity (Wildman–Crippen MR) is 65.2 cm³/mol. The second kappa shape index (κ2) is 4.36. The zero-order chi connectivity index (χ0) is 12.6. The fourth-order valence-corrected chi connectivity index (χ4v) is 2.61. The summed E-state index contributed by atoms with van der Waals surface area (Å²) in [5, 5.41) is 3.57. The van der Waals surface area contributed by atoms with Gasteiger partial charge in [0.25, 0.3) is 0 Å². The molecule has 94 valence electrons. The fourth-order valence-electron chi connectivity index (χ4n) is 2.61. The van der Waals surface area contributed by atoms with Gasteiger partial charge >= 0.3 is 5.97 Å². The Hall–Kier alpha value is -0.570. The largest absolute Gasteiger partial charge is 0.462 e. The van der Waals surface area contributed by atoms with Crippen LogP contribution in [0.1, 0.15) is 54.4 Å². The van der Waals surface area contributed by atoms with Crippen molar-refractivity contribution in [2.24, 2.45) is 5.92 Å². The van der Waals surface area contributed by atoms with Gasteiger partial charge < -0.3 is 10.1 Å². The molecule has 0 atom stereocenters. The average molecular weight is 227 g/mol. The van der Waals surface area contributed by atoms with Crippen LogP contribution in [0, 0.1) is 5.92 Å². The first-order valence-electron chi connectivity index (χ1n) is 6.11. The van der Waals surface area contributed by atoms with Gasteiger partial charge in [0.05, 0.1) is 5.92 Å². The van der Waals surface area contributed by atoms with Crippen LogP contribution in [0.2, 0.25) is 0 Å². The Morgan fingerprint density at radius 2 is 1.62 bits per heavy atom. The van der Waals surface area contributed by atoms with Crippen LogP contribution in [-0.4, -0.2) is 23.2 Å². The Bertz CT molecular complexity index is 253. The van der Waals surface area contributed by atoms with Crippen LogP contribution in [0.5, 0.6) is 0 Å². The van der Waals surface area contributed by atoms with Crippen molar-refractivity contribution in [2.75, 3.05) is 0 Å². The van der Waals surface area contributed by atoms with E-state index in [1.807, 2.05) is 13.8 Å². The minimum atomic E-state index is -0.0847. The van der Waals surface area contributed by atoms with Crippen molar-refractivity contribution in [3.63, 3.8) is 0 Å². The molecule has 0 aromatic heterocycles. The van der Waals surface area contributed by atoms with E-state index >= 15 is 0 Å². The molecular weight excluding hydrogens is 202 g/mol. The molecule has 3 heteroatoms. The highest BCUT2D eigenvalue weighted by atomic mass is 16.5. The van der Waals surface area contributed by atoms with Crippen molar-refractivity contribution in [3.8, 4) is 0 Å². The predicted octanol–water partition coefficient (Wildman–Crippen LogP) is 2.49. The van der Waals surface area contributed by atoms with Crippen LogP contribution >= 0.6 is 0 Å². The third-order valence-electron chi connectivity index (χ3n) is 2.91. The smallest absolute Gasteiger partial charge is 0.308 e.